The average Bonchev–Trinajstić information content (AvgIpc) is 3.73. The van der Waals surface area contributed by atoms with Crippen LogP contribution in [0.4, 0.5) is 4.79 Å². The molecule has 1 N–H and O–H groups in total. The normalized spacial score (nSPS) is 24.4. The molecule has 5 rings (SSSR count). The molecule has 2 heterocycles. The van der Waals surface area contributed by atoms with Gasteiger partial charge in [-0.15, -0.1) is 0 Å². The highest BCUT2D eigenvalue weighted by molar-refractivity contribution is 5.69. The van der Waals surface area contributed by atoms with Crippen LogP contribution in [-0.2, 0) is 10.2 Å². The van der Waals surface area contributed by atoms with Gasteiger partial charge in [-0.2, -0.15) is 4.98 Å². The van der Waals surface area contributed by atoms with Gasteiger partial charge in [0.1, 0.15) is 6.61 Å². The molecule has 31 heavy (non-hydrogen) atoms. The summed E-state index contributed by atoms with van der Waals surface area (Å²) in [5.41, 5.74) is 1.05. The van der Waals surface area contributed by atoms with E-state index in [1.165, 1.54) is 5.56 Å². The van der Waals surface area contributed by atoms with E-state index in [1.54, 1.807) is 6.08 Å². The first kappa shape index (κ1) is 20.2. The molecule has 0 spiro atoms. The minimum atomic E-state index is -0.281. The summed E-state index contributed by atoms with van der Waals surface area (Å²) in [6.07, 6.45) is 6.26. The maximum absolute atomic E-state index is 12.9. The van der Waals surface area contributed by atoms with E-state index in [0.29, 0.717) is 18.4 Å². The summed E-state index contributed by atoms with van der Waals surface area (Å²) in [6, 6.07) is 10.5. The fraction of sp³-hybridized carbons (Fsp3) is 0.542. The summed E-state index contributed by atoms with van der Waals surface area (Å²) >= 11 is 0. The first-order chi connectivity index (χ1) is 15.2. The average molecular weight is 423 g/mol. The van der Waals surface area contributed by atoms with E-state index in [0.717, 1.165) is 56.9 Å². The third kappa shape index (κ3) is 4.24. The Hall–Kier alpha value is -2.67. The molecule has 2 atom stereocenters. The molecule has 1 saturated heterocycles. The first-order valence-corrected chi connectivity index (χ1v) is 11.3. The van der Waals surface area contributed by atoms with Gasteiger partial charge in [-0.25, -0.2) is 4.79 Å². The second kappa shape index (κ2) is 8.46. The van der Waals surface area contributed by atoms with Crippen molar-refractivity contribution in [3.63, 3.8) is 0 Å². The van der Waals surface area contributed by atoms with Gasteiger partial charge in [0.25, 0.3) is 0 Å². The monoisotopic (exact) mass is 422 g/mol. The molecule has 0 radical (unpaired) electrons. The van der Waals surface area contributed by atoms with Crippen LogP contribution < -0.4 is 5.32 Å². The van der Waals surface area contributed by atoms with Crippen molar-refractivity contribution in [1.82, 2.24) is 20.4 Å². The minimum Gasteiger partial charge on any atom is -0.445 e. The lowest BCUT2D eigenvalue weighted by molar-refractivity contribution is 0.104. The summed E-state index contributed by atoms with van der Waals surface area (Å²) in [5, 5.41) is 7.73. The fourth-order valence-corrected chi connectivity index (χ4v) is 4.73. The molecule has 1 aromatic carbocycles. The van der Waals surface area contributed by atoms with Crippen molar-refractivity contribution >= 4 is 6.09 Å². The Labute approximate surface area is 182 Å². The summed E-state index contributed by atoms with van der Waals surface area (Å²) in [5.74, 6) is 2.18. The second-order valence-corrected chi connectivity index (χ2v) is 9.07. The third-order valence-electron chi connectivity index (χ3n) is 6.88. The highest BCUT2D eigenvalue weighted by atomic mass is 16.6. The number of carbonyl (C=O) groups is 1. The van der Waals surface area contributed by atoms with E-state index < -0.39 is 0 Å². The number of piperidine rings is 1. The molecule has 3 aliphatic rings. The summed E-state index contributed by atoms with van der Waals surface area (Å²) in [7, 11) is 0. The Balaban J connectivity index is 1.32. The topological polar surface area (TPSA) is 80.5 Å². The smallest absolute Gasteiger partial charge is 0.410 e. The van der Waals surface area contributed by atoms with Gasteiger partial charge in [0.05, 0.1) is 5.41 Å². The number of aromatic nitrogens is 2. The molecule has 0 bridgehead atoms. The molecule has 1 unspecified atom stereocenters. The Morgan fingerprint density at radius 3 is 2.77 bits per heavy atom. The quantitative estimate of drug-likeness (QED) is 0.653. The lowest BCUT2D eigenvalue weighted by Gasteiger charge is -2.26. The van der Waals surface area contributed by atoms with E-state index in [1.807, 2.05) is 11.0 Å². The van der Waals surface area contributed by atoms with E-state index in [2.05, 4.69) is 41.3 Å². The summed E-state index contributed by atoms with van der Waals surface area (Å²) < 4.78 is 11.1. The third-order valence-corrected chi connectivity index (χ3v) is 6.88. The van der Waals surface area contributed by atoms with Crippen molar-refractivity contribution in [2.45, 2.75) is 55.4 Å². The molecule has 2 aromatic rings. The number of hydrogen-bond donors (Lipinski definition) is 1. The number of ether oxygens (including phenoxy) is 1. The number of rotatable bonds is 8. The number of benzene rings is 1. The lowest BCUT2D eigenvalue weighted by atomic mass is 9.98. The molecule has 3 fully saturated rings. The van der Waals surface area contributed by atoms with Crippen molar-refractivity contribution in [2.24, 2.45) is 0 Å². The standard InChI is InChI=1S/C24H30N4O3/c1-2-14-30-23(29)28(20-15-19(20)17-6-4-3-5-7-17)16-24(10-11-24)22-26-21(31-27-22)18-8-12-25-13-9-18/h2-7,18-20,25H,1,8-16H2/t19?,20-/m0/s1. The Morgan fingerprint density at radius 1 is 1.29 bits per heavy atom. The molecule has 7 nitrogen and oxygen atoms in total. The molecular weight excluding hydrogens is 392 g/mol. The second-order valence-electron chi connectivity index (χ2n) is 9.07. The van der Waals surface area contributed by atoms with E-state index in [4.69, 9.17) is 14.2 Å². The van der Waals surface area contributed by atoms with Crippen molar-refractivity contribution < 1.29 is 14.1 Å². The zero-order chi connectivity index (χ0) is 21.3. The number of carbonyl (C=O) groups excluding carboxylic acids is 1. The van der Waals surface area contributed by atoms with Crippen LogP contribution in [0.2, 0.25) is 0 Å². The largest absolute Gasteiger partial charge is 0.445 e. The fourth-order valence-electron chi connectivity index (χ4n) is 4.73. The molecule has 1 aromatic heterocycles. The summed E-state index contributed by atoms with van der Waals surface area (Å²) in [6.45, 7) is 6.42. The van der Waals surface area contributed by atoms with Gasteiger partial charge < -0.3 is 19.5 Å². The van der Waals surface area contributed by atoms with Gasteiger partial charge in [-0.1, -0.05) is 48.1 Å². The highest BCUT2D eigenvalue weighted by Gasteiger charge is 2.55. The summed E-state index contributed by atoms with van der Waals surface area (Å²) in [4.78, 5) is 19.6. The van der Waals surface area contributed by atoms with Gasteiger partial charge in [-0.05, 0) is 50.8 Å². The van der Waals surface area contributed by atoms with Crippen molar-refractivity contribution in [1.29, 1.82) is 0 Å². The zero-order valence-electron chi connectivity index (χ0n) is 17.8. The van der Waals surface area contributed by atoms with Gasteiger partial charge in [-0.3, -0.25) is 0 Å². The zero-order valence-corrected chi connectivity index (χ0v) is 17.8. The first-order valence-electron chi connectivity index (χ1n) is 11.3. The number of nitrogens with one attached hydrogen (secondary N) is 1. The number of nitrogens with zero attached hydrogens (tertiary/aromatic N) is 3. The maximum atomic E-state index is 12.9. The Kier molecular flexibility index (Phi) is 5.52. The SMILES string of the molecule is C=CCOC(=O)N(CC1(c2noc(C3CCNCC3)n2)CC1)[C@H]1CC1c1ccccc1. The minimum absolute atomic E-state index is 0.146. The molecule has 7 heteroatoms. The van der Waals surface area contributed by atoms with Crippen molar-refractivity contribution in [3.05, 3.63) is 60.3 Å². The van der Waals surface area contributed by atoms with E-state index in [-0.39, 0.29) is 24.2 Å². The van der Waals surface area contributed by atoms with Gasteiger partial charge in [0.2, 0.25) is 5.89 Å². The van der Waals surface area contributed by atoms with Crippen LogP contribution in [0.5, 0.6) is 0 Å². The van der Waals surface area contributed by atoms with Gasteiger partial charge >= 0.3 is 6.09 Å². The van der Waals surface area contributed by atoms with Crippen LogP contribution in [0.3, 0.4) is 0 Å². The highest BCUT2D eigenvalue weighted by Crippen LogP contribution is 2.51. The van der Waals surface area contributed by atoms with E-state index >= 15 is 0 Å². The molecule has 2 aliphatic carbocycles. The molecule has 164 valence electrons. The van der Waals surface area contributed by atoms with Crippen LogP contribution in [0.25, 0.3) is 0 Å². The van der Waals surface area contributed by atoms with Crippen LogP contribution in [0, 0.1) is 0 Å². The van der Waals surface area contributed by atoms with E-state index in [9.17, 15) is 4.79 Å². The molecule has 2 saturated carbocycles. The van der Waals surface area contributed by atoms with Crippen molar-refractivity contribution in [3.8, 4) is 0 Å². The number of hydrogen-bond acceptors (Lipinski definition) is 6. The van der Waals surface area contributed by atoms with Crippen LogP contribution in [-0.4, -0.2) is 53.4 Å². The number of amides is 1. The van der Waals surface area contributed by atoms with Gasteiger partial charge in [0, 0.05) is 24.4 Å². The lowest BCUT2D eigenvalue weighted by Crippen LogP contribution is -2.40. The predicted molar refractivity (Wildman–Crippen MR) is 116 cm³/mol. The molecule has 1 aliphatic heterocycles. The molecule has 1 amide bonds. The maximum Gasteiger partial charge on any atom is 0.410 e. The Morgan fingerprint density at radius 2 is 2.06 bits per heavy atom. The van der Waals surface area contributed by atoms with Gasteiger partial charge in [0.15, 0.2) is 5.82 Å². The Bertz CT molecular complexity index is 918. The predicted octanol–water partition coefficient (Wildman–Crippen LogP) is 3.75. The van der Waals surface area contributed by atoms with Crippen LogP contribution >= 0.6 is 0 Å². The van der Waals surface area contributed by atoms with Crippen LogP contribution in [0.1, 0.15) is 61.2 Å². The molecular formula is C24H30N4O3. The van der Waals surface area contributed by atoms with Crippen molar-refractivity contribution in [2.75, 3.05) is 26.2 Å². The van der Waals surface area contributed by atoms with Crippen LogP contribution in [0.15, 0.2) is 47.5 Å².